The van der Waals surface area contributed by atoms with Crippen LogP contribution in [0.2, 0.25) is 0 Å². The second kappa shape index (κ2) is 14.9. The molecule has 2 aromatic carbocycles. The lowest BCUT2D eigenvalue weighted by Crippen LogP contribution is -2.42. The van der Waals surface area contributed by atoms with Gasteiger partial charge < -0.3 is 38.5 Å². The van der Waals surface area contributed by atoms with Crippen LogP contribution in [0.25, 0.3) is 0 Å². The van der Waals surface area contributed by atoms with Crippen molar-refractivity contribution in [2.24, 2.45) is 23.3 Å². The Morgan fingerprint density at radius 3 is 1.73 bits per heavy atom. The molecule has 7 heteroatoms. The summed E-state index contributed by atoms with van der Waals surface area (Å²) in [7, 11) is 1.71. The second-order valence-electron chi connectivity index (χ2n) is 11.0. The van der Waals surface area contributed by atoms with Crippen LogP contribution >= 0.6 is 0 Å². The predicted octanol–water partition coefficient (Wildman–Crippen LogP) is 6.98. The molecule has 0 saturated heterocycles. The van der Waals surface area contributed by atoms with Crippen molar-refractivity contribution >= 4 is 23.8 Å². The topological polar surface area (TPSA) is 161 Å². The maximum atomic E-state index is 7.68. The first-order valence-corrected chi connectivity index (χ1v) is 14.8. The molecule has 2 aliphatic carbocycles. The third-order valence-electron chi connectivity index (χ3n) is 9.24. The number of ether oxygens (including phenoxy) is 1. The highest BCUT2D eigenvalue weighted by Gasteiger charge is 2.45. The summed E-state index contributed by atoms with van der Waals surface area (Å²) in [6.45, 7) is 10.7. The minimum Gasteiger partial charge on any atom is -0.405 e. The quantitative estimate of drug-likeness (QED) is 0.171. The average Bonchev–Trinajstić information content (AvgIpc) is 2.99. The number of methoxy groups -OCH3 is 1. The van der Waals surface area contributed by atoms with Crippen LogP contribution < -0.4 is 22.9 Å². The molecule has 224 valence electrons. The van der Waals surface area contributed by atoms with Gasteiger partial charge in [-0.05, 0) is 97.2 Å². The molecule has 0 radical (unpaired) electrons. The first-order chi connectivity index (χ1) is 19.7. The van der Waals surface area contributed by atoms with Crippen LogP contribution in [0.4, 0.5) is 11.4 Å². The van der Waals surface area contributed by atoms with Crippen molar-refractivity contribution in [2.75, 3.05) is 18.6 Å². The molecule has 2 aliphatic rings. The van der Waals surface area contributed by atoms with Gasteiger partial charge in [0.2, 0.25) is 0 Å². The Morgan fingerprint density at radius 1 is 0.780 bits per heavy atom. The van der Waals surface area contributed by atoms with Crippen molar-refractivity contribution in [1.29, 1.82) is 10.8 Å². The third kappa shape index (κ3) is 6.20. The van der Waals surface area contributed by atoms with Gasteiger partial charge in [0.05, 0.1) is 0 Å². The zero-order valence-electron chi connectivity index (χ0n) is 25.9. The molecule has 2 fully saturated rings. The molecule has 2 aromatic rings. The lowest BCUT2D eigenvalue weighted by atomic mass is 9.61. The van der Waals surface area contributed by atoms with Crippen LogP contribution in [-0.4, -0.2) is 19.5 Å². The second-order valence-corrected chi connectivity index (χ2v) is 11.0. The van der Waals surface area contributed by atoms with Gasteiger partial charge in [0.15, 0.2) is 0 Å². The largest absolute Gasteiger partial charge is 0.405 e. The van der Waals surface area contributed by atoms with E-state index >= 15 is 0 Å². The molecular weight excluding hydrogens is 508 g/mol. The normalized spacial score (nSPS) is 27.7. The maximum Gasteiger partial charge on any atom is 0.119 e. The number of anilines is 2. The number of nitrogens with two attached hydrogens (primary N) is 4. The van der Waals surface area contributed by atoms with Crippen LogP contribution in [0.3, 0.4) is 0 Å². The summed E-state index contributed by atoms with van der Waals surface area (Å²) in [6.07, 6.45) is 12.6. The van der Waals surface area contributed by atoms with Crippen molar-refractivity contribution in [2.45, 2.75) is 84.2 Å². The fourth-order valence-electron chi connectivity index (χ4n) is 6.82. The third-order valence-corrected chi connectivity index (χ3v) is 9.24. The summed E-state index contributed by atoms with van der Waals surface area (Å²) < 4.78 is 5.97. The summed E-state index contributed by atoms with van der Waals surface area (Å²) in [5.74, 6) is 0.785. The van der Waals surface area contributed by atoms with Gasteiger partial charge in [-0.1, -0.05) is 58.9 Å². The smallest absolute Gasteiger partial charge is 0.119 e. The fourth-order valence-corrected chi connectivity index (χ4v) is 6.82. The fraction of sp³-hybridized carbons (Fsp3) is 0.471. The molecule has 41 heavy (non-hydrogen) atoms. The van der Waals surface area contributed by atoms with Gasteiger partial charge in [-0.25, -0.2) is 0 Å². The minimum absolute atomic E-state index is 0.116. The molecule has 4 atom stereocenters. The molecule has 7 nitrogen and oxygen atoms in total. The Labute approximate surface area is 247 Å². The minimum atomic E-state index is -0.574. The first-order valence-electron chi connectivity index (χ1n) is 14.8. The molecule has 2 saturated carbocycles. The molecule has 4 unspecified atom stereocenters. The summed E-state index contributed by atoms with van der Waals surface area (Å²) in [6, 6.07) is 11.6. The highest BCUT2D eigenvalue weighted by atomic mass is 16.5. The number of hydrogen-bond donors (Lipinski definition) is 6. The Hall–Kier alpha value is -3.58. The van der Waals surface area contributed by atoms with Crippen molar-refractivity contribution in [1.82, 2.24) is 0 Å². The predicted molar refractivity (Wildman–Crippen MR) is 175 cm³/mol. The van der Waals surface area contributed by atoms with E-state index in [9.17, 15) is 0 Å². The van der Waals surface area contributed by atoms with Gasteiger partial charge in [-0.2, -0.15) is 0 Å². The van der Waals surface area contributed by atoms with Crippen molar-refractivity contribution in [3.05, 3.63) is 82.2 Å². The summed E-state index contributed by atoms with van der Waals surface area (Å²) in [5, 5.41) is 15.3. The number of hydrogen-bond acceptors (Lipinski definition) is 7. The highest BCUT2D eigenvalue weighted by molar-refractivity contribution is 5.88. The van der Waals surface area contributed by atoms with Crippen molar-refractivity contribution in [3.8, 4) is 0 Å². The summed E-state index contributed by atoms with van der Waals surface area (Å²) in [5.41, 5.74) is 30.3. The van der Waals surface area contributed by atoms with E-state index < -0.39 is 5.60 Å². The number of rotatable bonds is 5. The van der Waals surface area contributed by atoms with E-state index in [1.54, 1.807) is 19.5 Å². The SMILES string of the molecule is CC.CC1CCC/C(=C\N)C1(C)c1cccc(N)c1C=N.COC1(c2cccc(N)c2C=N)/C(=C/N)CCCC1C. The molecular formula is C34H52N6O. The van der Waals surface area contributed by atoms with Gasteiger partial charge in [0, 0.05) is 47.5 Å². The molecule has 10 N–H and O–H groups in total. The van der Waals surface area contributed by atoms with Crippen LogP contribution in [0.1, 0.15) is 95.4 Å². The van der Waals surface area contributed by atoms with E-state index in [2.05, 4.69) is 26.8 Å². The molecule has 0 aromatic heterocycles. The zero-order chi connectivity index (χ0) is 30.8. The summed E-state index contributed by atoms with van der Waals surface area (Å²) in [4.78, 5) is 0. The van der Waals surface area contributed by atoms with Crippen LogP contribution in [0.15, 0.2) is 59.9 Å². The van der Waals surface area contributed by atoms with Gasteiger partial charge in [-0.15, -0.1) is 0 Å². The molecule has 0 heterocycles. The standard InChI is InChI=1S/C16H23N3O.C16H23N3.C2H6/c1-11-5-3-6-12(9-17)16(11,20-2)14-7-4-8-15(19)13(14)10-18;1-11-5-3-6-12(9-17)16(11,2)14-7-4-8-15(19)13(14)10-18;1-2/h4,7-11,18H,3,5-6,17,19H2,1-2H3;4,7-11,18H,3,5-6,17,19H2,1-2H3;1-2H3/b2*12-9+,18-10?;. The van der Waals surface area contributed by atoms with E-state index in [4.69, 9.17) is 38.5 Å². The number of nitrogen functional groups attached to an aromatic ring is 2. The molecule has 4 rings (SSSR count). The number of benzene rings is 2. The Bertz CT molecular complexity index is 1250. The first kappa shape index (κ1) is 33.6. The molecule has 0 spiro atoms. The van der Waals surface area contributed by atoms with E-state index in [0.717, 1.165) is 53.5 Å². The van der Waals surface area contributed by atoms with Crippen molar-refractivity contribution < 1.29 is 4.74 Å². The highest BCUT2D eigenvalue weighted by Crippen LogP contribution is 2.49. The number of nitrogens with one attached hydrogen (secondary N) is 2. The van der Waals surface area contributed by atoms with Gasteiger partial charge >= 0.3 is 0 Å². The Morgan fingerprint density at radius 2 is 1.24 bits per heavy atom. The van der Waals surface area contributed by atoms with E-state index in [1.807, 2.05) is 44.2 Å². The Kier molecular flexibility index (Phi) is 12.2. The maximum absolute atomic E-state index is 7.68. The van der Waals surface area contributed by atoms with E-state index in [1.165, 1.54) is 30.8 Å². The molecule has 0 bridgehead atoms. The zero-order valence-corrected chi connectivity index (χ0v) is 25.9. The molecule has 0 amide bonds. The van der Waals surface area contributed by atoms with Gasteiger partial charge in [0.25, 0.3) is 0 Å². The van der Waals surface area contributed by atoms with Crippen LogP contribution in [0, 0.1) is 22.7 Å². The lowest BCUT2D eigenvalue weighted by Gasteiger charge is -2.44. The van der Waals surface area contributed by atoms with Gasteiger partial charge in [-0.3, -0.25) is 0 Å². The van der Waals surface area contributed by atoms with Crippen molar-refractivity contribution in [3.63, 3.8) is 0 Å². The molecule has 0 aliphatic heterocycles. The van der Waals surface area contributed by atoms with E-state index in [0.29, 0.717) is 17.3 Å². The Balaban J connectivity index is 0.000000271. The monoisotopic (exact) mass is 560 g/mol. The summed E-state index contributed by atoms with van der Waals surface area (Å²) >= 11 is 0. The number of allylic oxidation sites excluding steroid dienone is 1. The van der Waals surface area contributed by atoms with Crippen LogP contribution in [0.5, 0.6) is 0 Å². The lowest BCUT2D eigenvalue weighted by molar-refractivity contribution is -0.0432. The van der Waals surface area contributed by atoms with E-state index in [-0.39, 0.29) is 11.3 Å². The van der Waals surface area contributed by atoms with Crippen LogP contribution in [-0.2, 0) is 15.8 Å². The van der Waals surface area contributed by atoms with Gasteiger partial charge in [0.1, 0.15) is 5.60 Å². The average molecular weight is 561 g/mol.